The van der Waals surface area contributed by atoms with Gasteiger partial charge in [0, 0.05) is 29.7 Å². The zero-order valence-electron chi connectivity index (χ0n) is 14.3. The number of carbonyl (C=O) groups excluding carboxylic acids is 1. The molecule has 0 radical (unpaired) electrons. The van der Waals surface area contributed by atoms with Gasteiger partial charge >= 0.3 is 0 Å². The van der Waals surface area contributed by atoms with Crippen LogP contribution >= 0.6 is 22.9 Å². The van der Waals surface area contributed by atoms with Crippen molar-refractivity contribution >= 4 is 52.0 Å². The first-order chi connectivity index (χ1) is 12.5. The molecule has 1 aromatic carbocycles. The molecule has 0 aliphatic carbocycles. The van der Waals surface area contributed by atoms with Crippen LogP contribution in [0, 0.1) is 6.92 Å². The van der Waals surface area contributed by atoms with E-state index >= 15 is 0 Å². The molecule has 0 aliphatic heterocycles. The van der Waals surface area contributed by atoms with Crippen molar-refractivity contribution in [1.29, 1.82) is 0 Å². The highest BCUT2D eigenvalue weighted by Gasteiger charge is 2.09. The van der Waals surface area contributed by atoms with Gasteiger partial charge in [0.1, 0.15) is 5.82 Å². The van der Waals surface area contributed by atoms with Crippen LogP contribution in [0.4, 0.5) is 23.1 Å². The molecule has 0 fully saturated rings. The number of benzene rings is 1. The van der Waals surface area contributed by atoms with Crippen LogP contribution in [0.1, 0.15) is 22.3 Å². The normalized spacial score (nSPS) is 10.4. The molecule has 2 heterocycles. The number of nitrogens with one attached hydrogen (secondary N) is 3. The van der Waals surface area contributed by atoms with Crippen LogP contribution in [0.25, 0.3) is 0 Å². The Balaban J connectivity index is 1.67. The highest BCUT2D eigenvalue weighted by atomic mass is 35.5. The Morgan fingerprint density at radius 3 is 2.50 bits per heavy atom. The second-order valence-electron chi connectivity index (χ2n) is 5.51. The van der Waals surface area contributed by atoms with E-state index in [0.717, 1.165) is 17.9 Å². The smallest absolute Gasteiger partial charge is 0.265 e. The van der Waals surface area contributed by atoms with E-state index in [1.165, 1.54) is 11.3 Å². The Kier molecular flexibility index (Phi) is 5.70. The molecule has 0 saturated carbocycles. The van der Waals surface area contributed by atoms with Crippen molar-refractivity contribution in [3.8, 4) is 0 Å². The molecule has 0 unspecified atom stereocenters. The van der Waals surface area contributed by atoms with Gasteiger partial charge in [-0.05, 0) is 50.2 Å². The molecule has 8 heteroatoms. The number of hydrogen-bond donors (Lipinski definition) is 3. The molecule has 0 aliphatic rings. The van der Waals surface area contributed by atoms with Crippen LogP contribution in [0.3, 0.4) is 0 Å². The monoisotopic (exact) mass is 387 g/mol. The third-order valence-corrected chi connectivity index (χ3v) is 4.63. The topological polar surface area (TPSA) is 78.9 Å². The predicted molar refractivity (Wildman–Crippen MR) is 108 cm³/mol. The first-order valence-electron chi connectivity index (χ1n) is 8.07. The zero-order valence-corrected chi connectivity index (χ0v) is 15.9. The lowest BCUT2D eigenvalue weighted by Crippen LogP contribution is -2.10. The molecule has 134 valence electrons. The van der Waals surface area contributed by atoms with Crippen molar-refractivity contribution < 1.29 is 4.79 Å². The molecule has 3 N–H and O–H groups in total. The van der Waals surface area contributed by atoms with Gasteiger partial charge in [0.2, 0.25) is 5.95 Å². The summed E-state index contributed by atoms with van der Waals surface area (Å²) in [6.45, 7) is 4.67. The van der Waals surface area contributed by atoms with Crippen LogP contribution in [0.2, 0.25) is 4.34 Å². The standard InChI is InChI=1S/C18H18ClN5OS/c1-3-20-18-21-11(2)10-16(24-18)22-12-4-6-13(7-5-12)23-17(25)14-8-9-15(19)26-14/h4-10H,3H2,1-2H3,(H,23,25)(H2,20,21,22,24). The quantitative estimate of drug-likeness (QED) is 0.559. The summed E-state index contributed by atoms with van der Waals surface area (Å²) in [5.74, 6) is 1.12. The molecular weight excluding hydrogens is 370 g/mol. The van der Waals surface area contributed by atoms with E-state index in [0.29, 0.717) is 26.7 Å². The Bertz CT molecular complexity index is 910. The van der Waals surface area contributed by atoms with Crippen LogP contribution in [-0.4, -0.2) is 22.4 Å². The molecule has 2 aromatic heterocycles. The number of carbonyl (C=O) groups is 1. The van der Waals surface area contributed by atoms with Crippen molar-refractivity contribution in [2.24, 2.45) is 0 Å². The molecule has 3 aromatic rings. The fourth-order valence-electron chi connectivity index (χ4n) is 2.28. The number of anilines is 4. The lowest BCUT2D eigenvalue weighted by Gasteiger charge is -2.10. The van der Waals surface area contributed by atoms with E-state index in [1.54, 1.807) is 12.1 Å². The van der Waals surface area contributed by atoms with E-state index in [-0.39, 0.29) is 5.91 Å². The van der Waals surface area contributed by atoms with Crippen molar-refractivity contribution in [2.75, 3.05) is 22.5 Å². The van der Waals surface area contributed by atoms with E-state index in [9.17, 15) is 4.79 Å². The lowest BCUT2D eigenvalue weighted by molar-refractivity contribution is 0.103. The molecule has 26 heavy (non-hydrogen) atoms. The van der Waals surface area contributed by atoms with Crippen molar-refractivity contribution in [2.45, 2.75) is 13.8 Å². The summed E-state index contributed by atoms with van der Waals surface area (Å²) in [6.07, 6.45) is 0. The van der Waals surface area contributed by atoms with Gasteiger partial charge in [0.15, 0.2) is 0 Å². The summed E-state index contributed by atoms with van der Waals surface area (Å²) in [5, 5.41) is 9.19. The number of hydrogen-bond acceptors (Lipinski definition) is 6. The zero-order chi connectivity index (χ0) is 18.5. The molecule has 6 nitrogen and oxygen atoms in total. The SMILES string of the molecule is CCNc1nc(C)cc(Nc2ccc(NC(=O)c3ccc(Cl)s3)cc2)n1. The van der Waals surface area contributed by atoms with Crippen molar-refractivity contribution in [1.82, 2.24) is 9.97 Å². The predicted octanol–water partition coefficient (Wildman–Crippen LogP) is 4.93. The number of aromatic nitrogens is 2. The molecule has 0 saturated heterocycles. The Labute approximate surface area is 160 Å². The van der Waals surface area contributed by atoms with Gasteiger partial charge in [-0.3, -0.25) is 4.79 Å². The molecule has 3 rings (SSSR count). The summed E-state index contributed by atoms with van der Waals surface area (Å²) in [7, 11) is 0. The molecule has 0 atom stereocenters. The number of halogens is 1. The second-order valence-corrected chi connectivity index (χ2v) is 7.22. The average Bonchev–Trinajstić information content (AvgIpc) is 3.03. The van der Waals surface area contributed by atoms with Crippen molar-refractivity contribution in [3.05, 3.63) is 57.4 Å². The van der Waals surface area contributed by atoms with Gasteiger partial charge in [-0.15, -0.1) is 11.3 Å². The van der Waals surface area contributed by atoms with Gasteiger partial charge in [0.25, 0.3) is 5.91 Å². The summed E-state index contributed by atoms with van der Waals surface area (Å²) < 4.78 is 0.590. The fraction of sp³-hybridized carbons (Fsp3) is 0.167. The molecule has 0 bridgehead atoms. The van der Waals surface area contributed by atoms with Crippen LogP contribution < -0.4 is 16.0 Å². The Morgan fingerprint density at radius 2 is 1.85 bits per heavy atom. The summed E-state index contributed by atoms with van der Waals surface area (Å²) >= 11 is 7.11. The van der Waals surface area contributed by atoms with Crippen LogP contribution in [-0.2, 0) is 0 Å². The number of thiophene rings is 1. The Hall–Kier alpha value is -2.64. The van der Waals surface area contributed by atoms with E-state index in [4.69, 9.17) is 11.6 Å². The number of rotatable bonds is 6. The minimum atomic E-state index is -0.177. The van der Waals surface area contributed by atoms with Gasteiger partial charge in [-0.2, -0.15) is 4.98 Å². The third-order valence-electron chi connectivity index (χ3n) is 3.40. The van der Waals surface area contributed by atoms with E-state index < -0.39 is 0 Å². The van der Waals surface area contributed by atoms with Gasteiger partial charge in [-0.1, -0.05) is 11.6 Å². The van der Waals surface area contributed by atoms with Crippen molar-refractivity contribution in [3.63, 3.8) is 0 Å². The largest absolute Gasteiger partial charge is 0.354 e. The van der Waals surface area contributed by atoms with Crippen LogP contribution in [0.5, 0.6) is 0 Å². The lowest BCUT2D eigenvalue weighted by atomic mass is 10.2. The number of nitrogens with zero attached hydrogens (tertiary/aromatic N) is 2. The van der Waals surface area contributed by atoms with Gasteiger partial charge < -0.3 is 16.0 Å². The van der Waals surface area contributed by atoms with Gasteiger partial charge in [0.05, 0.1) is 9.21 Å². The molecule has 1 amide bonds. The maximum absolute atomic E-state index is 12.1. The van der Waals surface area contributed by atoms with E-state index in [1.807, 2.05) is 44.2 Å². The fourth-order valence-corrected chi connectivity index (χ4v) is 3.22. The third kappa shape index (κ3) is 4.71. The minimum absolute atomic E-state index is 0.177. The highest BCUT2D eigenvalue weighted by Crippen LogP contribution is 2.23. The summed E-state index contributed by atoms with van der Waals surface area (Å²) in [4.78, 5) is 21.5. The van der Waals surface area contributed by atoms with E-state index in [2.05, 4.69) is 25.9 Å². The molecule has 0 spiro atoms. The second kappa shape index (κ2) is 8.16. The first kappa shape index (κ1) is 18.2. The maximum atomic E-state index is 12.1. The first-order valence-corrected chi connectivity index (χ1v) is 9.26. The van der Waals surface area contributed by atoms with Crippen LogP contribution in [0.15, 0.2) is 42.5 Å². The Morgan fingerprint density at radius 1 is 1.12 bits per heavy atom. The average molecular weight is 388 g/mol. The maximum Gasteiger partial charge on any atom is 0.265 e. The number of aryl methyl sites for hydroxylation is 1. The summed E-state index contributed by atoms with van der Waals surface area (Å²) in [6, 6.07) is 12.7. The minimum Gasteiger partial charge on any atom is -0.354 e. The molecular formula is C18H18ClN5OS. The number of amides is 1. The highest BCUT2D eigenvalue weighted by molar-refractivity contribution is 7.18. The summed E-state index contributed by atoms with van der Waals surface area (Å²) in [5.41, 5.74) is 2.44. The van der Waals surface area contributed by atoms with Gasteiger partial charge in [-0.25, -0.2) is 4.98 Å².